The Morgan fingerprint density at radius 2 is 1.75 bits per heavy atom. The van der Waals surface area contributed by atoms with Crippen molar-refractivity contribution in [1.29, 1.82) is 0 Å². The average molecular weight is 217 g/mol. The Hall–Kier alpha value is -0.820. The van der Waals surface area contributed by atoms with Gasteiger partial charge in [-0.25, -0.2) is 0 Å². The third kappa shape index (κ3) is 2.85. The highest BCUT2D eigenvalue weighted by atomic mass is 15.0. The van der Waals surface area contributed by atoms with Gasteiger partial charge in [-0.3, -0.25) is 0 Å². The molecule has 1 fully saturated rings. The van der Waals surface area contributed by atoms with Crippen molar-refractivity contribution in [3.05, 3.63) is 35.9 Å². The van der Waals surface area contributed by atoms with Crippen LogP contribution in [0, 0.1) is 5.92 Å². The highest BCUT2D eigenvalue weighted by molar-refractivity contribution is 5.21. The SMILES string of the molecule is CCC(CC)NC(c1ccccc1)C1CC1. The second-order valence-corrected chi connectivity index (χ2v) is 4.91. The molecule has 1 aliphatic carbocycles. The van der Waals surface area contributed by atoms with Crippen molar-refractivity contribution in [2.75, 3.05) is 0 Å². The van der Waals surface area contributed by atoms with Crippen LogP contribution in [0.25, 0.3) is 0 Å². The summed E-state index contributed by atoms with van der Waals surface area (Å²) in [6.07, 6.45) is 5.25. The highest BCUT2D eigenvalue weighted by Gasteiger charge is 2.32. The molecule has 1 saturated carbocycles. The largest absolute Gasteiger partial charge is 0.307 e. The molecule has 0 aliphatic heterocycles. The second-order valence-electron chi connectivity index (χ2n) is 4.91. The Morgan fingerprint density at radius 1 is 1.12 bits per heavy atom. The van der Waals surface area contributed by atoms with Crippen LogP contribution in [0.1, 0.15) is 51.1 Å². The van der Waals surface area contributed by atoms with Gasteiger partial charge in [0, 0.05) is 12.1 Å². The van der Waals surface area contributed by atoms with E-state index in [1.807, 2.05) is 0 Å². The fourth-order valence-corrected chi connectivity index (χ4v) is 2.37. The van der Waals surface area contributed by atoms with Gasteiger partial charge in [0.15, 0.2) is 0 Å². The smallest absolute Gasteiger partial charge is 0.0351 e. The molecule has 1 heteroatoms. The summed E-state index contributed by atoms with van der Waals surface area (Å²) >= 11 is 0. The van der Waals surface area contributed by atoms with Gasteiger partial charge < -0.3 is 5.32 Å². The third-order valence-corrected chi connectivity index (χ3v) is 3.65. The Balaban J connectivity index is 2.05. The summed E-state index contributed by atoms with van der Waals surface area (Å²) in [4.78, 5) is 0. The lowest BCUT2D eigenvalue weighted by atomic mass is 10.00. The van der Waals surface area contributed by atoms with Gasteiger partial charge in [0.2, 0.25) is 0 Å². The van der Waals surface area contributed by atoms with E-state index in [2.05, 4.69) is 49.5 Å². The van der Waals surface area contributed by atoms with Crippen LogP contribution in [0.2, 0.25) is 0 Å². The first-order valence-electron chi connectivity index (χ1n) is 6.66. The Labute approximate surface area is 99.3 Å². The van der Waals surface area contributed by atoms with E-state index in [0.29, 0.717) is 12.1 Å². The molecule has 1 aliphatic rings. The highest BCUT2D eigenvalue weighted by Crippen LogP contribution is 2.41. The number of hydrogen-bond acceptors (Lipinski definition) is 1. The maximum atomic E-state index is 3.83. The molecule has 1 aromatic rings. The van der Waals surface area contributed by atoms with Crippen molar-refractivity contribution in [3.63, 3.8) is 0 Å². The van der Waals surface area contributed by atoms with E-state index in [4.69, 9.17) is 0 Å². The molecule has 16 heavy (non-hydrogen) atoms. The number of benzene rings is 1. The van der Waals surface area contributed by atoms with E-state index in [1.54, 1.807) is 0 Å². The molecule has 2 rings (SSSR count). The minimum atomic E-state index is 0.589. The van der Waals surface area contributed by atoms with E-state index in [0.717, 1.165) is 5.92 Å². The molecule has 0 heterocycles. The van der Waals surface area contributed by atoms with Crippen LogP contribution in [-0.2, 0) is 0 Å². The topological polar surface area (TPSA) is 12.0 Å². The molecule has 1 N–H and O–H groups in total. The molecular weight excluding hydrogens is 194 g/mol. The number of nitrogens with one attached hydrogen (secondary N) is 1. The van der Waals surface area contributed by atoms with Gasteiger partial charge >= 0.3 is 0 Å². The first kappa shape index (κ1) is 11.7. The molecule has 0 saturated heterocycles. The van der Waals surface area contributed by atoms with Gasteiger partial charge in [-0.2, -0.15) is 0 Å². The first-order valence-corrected chi connectivity index (χ1v) is 6.66. The van der Waals surface area contributed by atoms with E-state index in [-0.39, 0.29) is 0 Å². The zero-order valence-electron chi connectivity index (χ0n) is 10.4. The van der Waals surface area contributed by atoms with Gasteiger partial charge in [-0.15, -0.1) is 0 Å². The average Bonchev–Trinajstić information content (AvgIpc) is 3.16. The lowest BCUT2D eigenvalue weighted by Gasteiger charge is -2.24. The van der Waals surface area contributed by atoms with E-state index in [9.17, 15) is 0 Å². The molecule has 88 valence electrons. The molecule has 1 nitrogen and oxygen atoms in total. The molecule has 1 aromatic carbocycles. The summed E-state index contributed by atoms with van der Waals surface area (Å²) < 4.78 is 0. The third-order valence-electron chi connectivity index (χ3n) is 3.65. The Morgan fingerprint density at radius 3 is 2.25 bits per heavy atom. The van der Waals surface area contributed by atoms with Crippen molar-refractivity contribution in [1.82, 2.24) is 5.32 Å². The van der Waals surface area contributed by atoms with Gasteiger partial charge in [0.25, 0.3) is 0 Å². The van der Waals surface area contributed by atoms with Crippen molar-refractivity contribution >= 4 is 0 Å². The van der Waals surface area contributed by atoms with Gasteiger partial charge in [0.05, 0.1) is 0 Å². The van der Waals surface area contributed by atoms with Crippen LogP contribution in [-0.4, -0.2) is 6.04 Å². The van der Waals surface area contributed by atoms with Crippen LogP contribution in [0.5, 0.6) is 0 Å². The molecular formula is C15H23N. The lowest BCUT2D eigenvalue weighted by Crippen LogP contribution is -2.33. The fraction of sp³-hybridized carbons (Fsp3) is 0.600. The van der Waals surface area contributed by atoms with Gasteiger partial charge in [0.1, 0.15) is 0 Å². The van der Waals surface area contributed by atoms with Crippen molar-refractivity contribution in [3.8, 4) is 0 Å². The minimum Gasteiger partial charge on any atom is -0.307 e. The molecule has 0 aromatic heterocycles. The van der Waals surface area contributed by atoms with Crippen molar-refractivity contribution < 1.29 is 0 Å². The van der Waals surface area contributed by atoms with E-state index >= 15 is 0 Å². The molecule has 0 spiro atoms. The van der Waals surface area contributed by atoms with Gasteiger partial charge in [-0.1, -0.05) is 44.2 Å². The van der Waals surface area contributed by atoms with Crippen molar-refractivity contribution in [2.45, 2.75) is 51.6 Å². The normalized spacial score (nSPS) is 17.7. The first-order chi connectivity index (χ1) is 7.85. The zero-order valence-corrected chi connectivity index (χ0v) is 10.4. The Bertz CT molecular complexity index is 298. The van der Waals surface area contributed by atoms with Crippen LogP contribution in [0.3, 0.4) is 0 Å². The van der Waals surface area contributed by atoms with E-state index in [1.165, 1.54) is 31.2 Å². The molecule has 1 atom stereocenters. The summed E-state index contributed by atoms with van der Waals surface area (Å²) in [7, 11) is 0. The summed E-state index contributed by atoms with van der Waals surface area (Å²) in [5, 5.41) is 3.83. The lowest BCUT2D eigenvalue weighted by molar-refractivity contribution is 0.386. The summed E-state index contributed by atoms with van der Waals surface area (Å²) in [6.45, 7) is 4.55. The zero-order chi connectivity index (χ0) is 11.4. The number of rotatable bonds is 6. The second kappa shape index (κ2) is 5.49. The molecule has 1 unspecified atom stereocenters. The maximum absolute atomic E-state index is 3.83. The molecule has 0 amide bonds. The fourth-order valence-electron chi connectivity index (χ4n) is 2.37. The summed E-state index contributed by atoms with van der Waals surface area (Å²) in [5.74, 6) is 0.878. The van der Waals surface area contributed by atoms with Crippen LogP contribution in [0.15, 0.2) is 30.3 Å². The quantitative estimate of drug-likeness (QED) is 0.761. The predicted octanol–water partition coefficient (Wildman–Crippen LogP) is 3.92. The van der Waals surface area contributed by atoms with Gasteiger partial charge in [-0.05, 0) is 37.2 Å². The minimum absolute atomic E-state index is 0.589. The monoisotopic (exact) mass is 217 g/mol. The molecule has 0 radical (unpaired) electrons. The van der Waals surface area contributed by atoms with Crippen LogP contribution in [0.4, 0.5) is 0 Å². The number of hydrogen-bond donors (Lipinski definition) is 1. The van der Waals surface area contributed by atoms with Crippen LogP contribution < -0.4 is 5.32 Å². The van der Waals surface area contributed by atoms with Crippen molar-refractivity contribution in [2.24, 2.45) is 5.92 Å². The maximum Gasteiger partial charge on any atom is 0.0351 e. The summed E-state index contributed by atoms with van der Waals surface area (Å²) in [5.41, 5.74) is 1.47. The van der Waals surface area contributed by atoms with E-state index < -0.39 is 0 Å². The van der Waals surface area contributed by atoms with Crippen LogP contribution >= 0.6 is 0 Å². The summed E-state index contributed by atoms with van der Waals surface area (Å²) in [6, 6.07) is 12.2. The Kier molecular flexibility index (Phi) is 4.00. The standard InChI is InChI=1S/C15H23N/c1-3-14(4-2)16-15(13-10-11-13)12-8-6-5-7-9-12/h5-9,13-16H,3-4,10-11H2,1-2H3. The molecule has 0 bridgehead atoms. The predicted molar refractivity (Wildman–Crippen MR) is 69.4 cm³/mol.